The fraction of sp³-hybridized carbons (Fsp3) is 0.273. The van der Waals surface area contributed by atoms with Crippen LogP contribution < -0.4 is 10.9 Å². The monoisotopic (exact) mass is 191 g/mol. The molecule has 2 N–H and O–H groups in total. The molecule has 3 heteroatoms. The Balaban J connectivity index is 2.41. The minimum absolute atomic E-state index is 0.821. The molecule has 0 atom stereocenters. The zero-order valence-electron chi connectivity index (χ0n) is 8.70. The van der Waals surface area contributed by atoms with E-state index in [9.17, 15) is 0 Å². The number of nitrogens with zero attached hydrogens (tertiary/aromatic N) is 1. The second-order valence-electron chi connectivity index (χ2n) is 2.87. The zero-order valence-corrected chi connectivity index (χ0v) is 8.70. The first-order chi connectivity index (χ1) is 6.86. The van der Waals surface area contributed by atoms with Gasteiger partial charge in [0.05, 0.1) is 0 Å². The Morgan fingerprint density at radius 3 is 2.36 bits per heavy atom. The predicted molar refractivity (Wildman–Crippen MR) is 60.3 cm³/mol. The molecule has 76 valence electrons. The minimum Gasteiger partial charge on any atom is -0.244 e. The first-order valence-corrected chi connectivity index (χ1v) is 4.70. The van der Waals surface area contributed by atoms with Gasteiger partial charge in [0.25, 0.3) is 0 Å². The van der Waals surface area contributed by atoms with Gasteiger partial charge in [-0.05, 0) is 5.56 Å². The molecule has 0 unspecified atom stereocenters. The molecule has 0 spiro atoms. The quantitative estimate of drug-likeness (QED) is 0.686. The maximum absolute atomic E-state index is 3.01. The van der Waals surface area contributed by atoms with Crippen LogP contribution in [0.2, 0.25) is 0 Å². The predicted octanol–water partition coefficient (Wildman–Crippen LogP) is 1.27. The van der Waals surface area contributed by atoms with E-state index in [1.807, 2.05) is 37.4 Å². The molecule has 0 aromatic heterocycles. The molecule has 0 bridgehead atoms. The summed E-state index contributed by atoms with van der Waals surface area (Å²) in [6.45, 7) is 0.821. The summed E-state index contributed by atoms with van der Waals surface area (Å²) in [5.41, 5.74) is 7.24. The largest absolute Gasteiger partial charge is 0.244 e. The van der Waals surface area contributed by atoms with Crippen LogP contribution in [0.1, 0.15) is 5.56 Å². The summed E-state index contributed by atoms with van der Waals surface area (Å²) in [6.07, 6.45) is 4.20. The molecule has 0 aliphatic carbocycles. The van der Waals surface area contributed by atoms with Crippen LogP contribution in [0.15, 0.2) is 36.4 Å². The zero-order chi connectivity index (χ0) is 10.2. The summed E-state index contributed by atoms with van der Waals surface area (Å²) in [7, 11) is 3.76. The van der Waals surface area contributed by atoms with E-state index in [1.165, 1.54) is 5.56 Å². The average Bonchev–Trinajstić information content (AvgIpc) is 2.26. The van der Waals surface area contributed by atoms with Gasteiger partial charge in [-0.15, -0.1) is 0 Å². The van der Waals surface area contributed by atoms with Crippen LogP contribution in [0.5, 0.6) is 0 Å². The SMILES string of the molecule is CNN(CC=Cc1ccccc1)NC. The van der Waals surface area contributed by atoms with Gasteiger partial charge < -0.3 is 0 Å². The molecule has 14 heavy (non-hydrogen) atoms. The Morgan fingerprint density at radius 1 is 1.14 bits per heavy atom. The second-order valence-corrected chi connectivity index (χ2v) is 2.87. The molecule has 1 rings (SSSR count). The van der Waals surface area contributed by atoms with Gasteiger partial charge in [-0.3, -0.25) is 0 Å². The number of hydrogen-bond acceptors (Lipinski definition) is 3. The normalized spacial score (nSPS) is 11.4. The van der Waals surface area contributed by atoms with Gasteiger partial charge in [0.15, 0.2) is 0 Å². The van der Waals surface area contributed by atoms with Gasteiger partial charge in [-0.25, -0.2) is 10.9 Å². The van der Waals surface area contributed by atoms with Crippen LogP contribution in [0.25, 0.3) is 6.08 Å². The molecular formula is C11H17N3. The molecule has 0 aliphatic rings. The Kier molecular flexibility index (Phi) is 4.93. The van der Waals surface area contributed by atoms with Crippen molar-refractivity contribution >= 4 is 6.08 Å². The molecule has 0 saturated carbocycles. The number of hydrogen-bond donors (Lipinski definition) is 2. The van der Waals surface area contributed by atoms with Gasteiger partial charge in [-0.1, -0.05) is 42.5 Å². The number of nitrogens with one attached hydrogen (secondary N) is 2. The van der Waals surface area contributed by atoms with Crippen molar-refractivity contribution in [2.45, 2.75) is 0 Å². The first-order valence-electron chi connectivity index (χ1n) is 4.70. The van der Waals surface area contributed by atoms with Crippen molar-refractivity contribution in [3.8, 4) is 0 Å². The van der Waals surface area contributed by atoms with E-state index in [2.05, 4.69) is 35.1 Å². The minimum atomic E-state index is 0.821. The lowest BCUT2D eigenvalue weighted by molar-refractivity contribution is 0.167. The second kappa shape index (κ2) is 6.32. The molecular weight excluding hydrogens is 174 g/mol. The Morgan fingerprint density at radius 2 is 1.79 bits per heavy atom. The highest BCUT2D eigenvalue weighted by Crippen LogP contribution is 2.00. The summed E-state index contributed by atoms with van der Waals surface area (Å²) < 4.78 is 0. The molecule has 0 amide bonds. The number of benzene rings is 1. The highest BCUT2D eigenvalue weighted by molar-refractivity contribution is 5.48. The van der Waals surface area contributed by atoms with Gasteiger partial charge >= 0.3 is 0 Å². The van der Waals surface area contributed by atoms with Crippen LogP contribution in [-0.2, 0) is 0 Å². The summed E-state index contributed by atoms with van der Waals surface area (Å²) in [4.78, 5) is 0. The molecule has 1 aromatic rings. The summed E-state index contributed by atoms with van der Waals surface area (Å²) >= 11 is 0. The van der Waals surface area contributed by atoms with Crippen LogP contribution in [0.3, 0.4) is 0 Å². The van der Waals surface area contributed by atoms with Gasteiger partial charge in [0.2, 0.25) is 0 Å². The van der Waals surface area contributed by atoms with Gasteiger partial charge in [-0.2, -0.15) is 5.12 Å². The maximum Gasteiger partial charge on any atom is 0.0472 e. The fourth-order valence-corrected chi connectivity index (χ4v) is 1.15. The number of rotatable bonds is 5. The third kappa shape index (κ3) is 3.70. The third-order valence-electron chi connectivity index (χ3n) is 1.94. The number of hydrazine groups is 2. The van der Waals surface area contributed by atoms with E-state index in [1.54, 1.807) is 0 Å². The molecule has 1 aromatic carbocycles. The van der Waals surface area contributed by atoms with Crippen LogP contribution >= 0.6 is 0 Å². The summed E-state index contributed by atoms with van der Waals surface area (Å²) in [5, 5.41) is 1.89. The lowest BCUT2D eigenvalue weighted by atomic mass is 10.2. The molecule has 0 heterocycles. The van der Waals surface area contributed by atoms with Gasteiger partial charge in [0, 0.05) is 20.6 Å². The van der Waals surface area contributed by atoms with E-state index in [0.29, 0.717) is 0 Å². The lowest BCUT2D eigenvalue weighted by Gasteiger charge is -2.16. The van der Waals surface area contributed by atoms with Crippen LogP contribution in [0.4, 0.5) is 0 Å². The third-order valence-corrected chi connectivity index (χ3v) is 1.94. The van der Waals surface area contributed by atoms with Crippen LogP contribution in [0, 0.1) is 0 Å². The van der Waals surface area contributed by atoms with Crippen molar-refractivity contribution in [3.05, 3.63) is 42.0 Å². The molecule has 0 fully saturated rings. The van der Waals surface area contributed by atoms with Gasteiger partial charge in [0.1, 0.15) is 0 Å². The Hall–Kier alpha value is -1.16. The van der Waals surface area contributed by atoms with E-state index in [4.69, 9.17) is 0 Å². The van der Waals surface area contributed by atoms with E-state index in [0.717, 1.165) is 6.54 Å². The smallest absolute Gasteiger partial charge is 0.0472 e. The molecule has 0 saturated heterocycles. The highest BCUT2D eigenvalue weighted by Gasteiger charge is 1.91. The highest BCUT2D eigenvalue weighted by atomic mass is 15.7. The van der Waals surface area contributed by atoms with E-state index >= 15 is 0 Å². The standard InChI is InChI=1S/C11H17N3/c1-12-14(13-2)10-6-9-11-7-4-3-5-8-11/h3-9,12-13H,10H2,1-2H3. The van der Waals surface area contributed by atoms with Crippen molar-refractivity contribution in [1.82, 2.24) is 16.0 Å². The van der Waals surface area contributed by atoms with Crippen molar-refractivity contribution in [1.29, 1.82) is 0 Å². The summed E-state index contributed by atoms with van der Waals surface area (Å²) in [6, 6.07) is 10.3. The molecule has 0 radical (unpaired) electrons. The molecule has 3 nitrogen and oxygen atoms in total. The average molecular weight is 191 g/mol. The first kappa shape index (κ1) is 10.9. The van der Waals surface area contributed by atoms with Crippen molar-refractivity contribution in [2.24, 2.45) is 0 Å². The Bertz CT molecular complexity index is 265. The fourth-order valence-electron chi connectivity index (χ4n) is 1.15. The van der Waals surface area contributed by atoms with Crippen molar-refractivity contribution in [3.63, 3.8) is 0 Å². The lowest BCUT2D eigenvalue weighted by Crippen LogP contribution is -2.43. The topological polar surface area (TPSA) is 27.3 Å². The van der Waals surface area contributed by atoms with E-state index < -0.39 is 0 Å². The summed E-state index contributed by atoms with van der Waals surface area (Å²) in [5.74, 6) is 0. The van der Waals surface area contributed by atoms with Crippen molar-refractivity contribution < 1.29 is 0 Å². The molecule has 0 aliphatic heterocycles. The maximum atomic E-state index is 3.01. The Labute approximate surface area is 85.4 Å². The van der Waals surface area contributed by atoms with Crippen LogP contribution in [-0.4, -0.2) is 25.8 Å². The van der Waals surface area contributed by atoms with Crippen molar-refractivity contribution in [2.75, 3.05) is 20.6 Å². The van der Waals surface area contributed by atoms with E-state index in [-0.39, 0.29) is 0 Å².